The van der Waals surface area contributed by atoms with Crippen LogP contribution in [0.25, 0.3) is 10.8 Å². The molecule has 0 saturated carbocycles. The van der Waals surface area contributed by atoms with E-state index in [1.807, 2.05) is 32.0 Å². The lowest BCUT2D eigenvalue weighted by Crippen LogP contribution is -2.18. The van der Waals surface area contributed by atoms with E-state index in [1.54, 1.807) is 24.3 Å². The van der Waals surface area contributed by atoms with E-state index in [-0.39, 0.29) is 10.6 Å². The quantitative estimate of drug-likeness (QED) is 0.477. The molecule has 0 atom stereocenters. The summed E-state index contributed by atoms with van der Waals surface area (Å²) >= 11 is 3.40. The molecule has 0 saturated heterocycles. The number of phenols is 1. The molecule has 0 fully saturated rings. The van der Waals surface area contributed by atoms with E-state index in [9.17, 15) is 13.5 Å². The van der Waals surface area contributed by atoms with Crippen molar-refractivity contribution in [3.8, 4) is 5.75 Å². The summed E-state index contributed by atoms with van der Waals surface area (Å²) in [6.45, 7) is 3.77. The number of aryl methyl sites for hydroxylation is 2. The van der Waals surface area contributed by atoms with Gasteiger partial charge in [-0.05, 0) is 66.1 Å². The molecule has 0 radical (unpaired) electrons. The third-order valence-corrected chi connectivity index (χ3v) is 5.87. The van der Waals surface area contributed by atoms with E-state index in [2.05, 4.69) is 25.9 Å². The van der Waals surface area contributed by atoms with Gasteiger partial charge >= 0.3 is 0 Å². The minimum absolute atomic E-state index is 0.0222. The van der Waals surface area contributed by atoms with Gasteiger partial charge in [-0.3, -0.25) is 0 Å². The van der Waals surface area contributed by atoms with Gasteiger partial charge in [0.25, 0.3) is 10.0 Å². The monoisotopic (exact) mass is 432 g/mol. The highest BCUT2D eigenvalue weighted by molar-refractivity contribution is 9.10. The molecule has 0 amide bonds. The van der Waals surface area contributed by atoms with Crippen LogP contribution in [-0.4, -0.2) is 19.7 Å². The molecule has 5 nitrogen and oxygen atoms in total. The zero-order valence-electron chi connectivity index (χ0n) is 14.2. The van der Waals surface area contributed by atoms with Gasteiger partial charge in [0.15, 0.2) is 0 Å². The first kappa shape index (κ1) is 18.4. The van der Waals surface area contributed by atoms with E-state index >= 15 is 0 Å². The standard InChI is InChI=1S/C19H17BrN2O3S/c1-12-3-6-16(9-13(12)2)26(24,25)22-21-11-18-17-7-5-15(20)10-14(17)4-8-19(18)23/h3-11,22-23H,1-2H3/b21-11+. The van der Waals surface area contributed by atoms with Crippen molar-refractivity contribution in [2.24, 2.45) is 5.10 Å². The minimum Gasteiger partial charge on any atom is -0.507 e. The summed E-state index contributed by atoms with van der Waals surface area (Å²) in [5.74, 6) is 0.0222. The first-order chi connectivity index (χ1) is 12.3. The van der Waals surface area contributed by atoms with Gasteiger partial charge in [0.05, 0.1) is 11.1 Å². The number of fused-ring (bicyclic) bond motifs is 1. The summed E-state index contributed by atoms with van der Waals surface area (Å²) in [5, 5.41) is 15.6. The fourth-order valence-electron chi connectivity index (χ4n) is 2.54. The molecule has 134 valence electrons. The maximum atomic E-state index is 12.4. The lowest BCUT2D eigenvalue weighted by Gasteiger charge is -2.07. The smallest absolute Gasteiger partial charge is 0.276 e. The van der Waals surface area contributed by atoms with Crippen molar-refractivity contribution >= 4 is 42.9 Å². The summed E-state index contributed by atoms with van der Waals surface area (Å²) in [5.41, 5.74) is 2.34. The highest BCUT2D eigenvalue weighted by Crippen LogP contribution is 2.28. The third-order valence-electron chi connectivity index (χ3n) is 4.16. The van der Waals surface area contributed by atoms with Gasteiger partial charge in [-0.1, -0.05) is 34.1 Å². The third kappa shape index (κ3) is 3.73. The molecule has 3 aromatic carbocycles. The number of sulfonamides is 1. The number of hydrogen-bond donors (Lipinski definition) is 2. The number of hydrazone groups is 1. The van der Waals surface area contributed by atoms with Crippen LogP contribution in [0.1, 0.15) is 16.7 Å². The van der Waals surface area contributed by atoms with E-state index < -0.39 is 10.0 Å². The summed E-state index contributed by atoms with van der Waals surface area (Å²) in [6.07, 6.45) is 1.31. The minimum atomic E-state index is -3.78. The summed E-state index contributed by atoms with van der Waals surface area (Å²) in [4.78, 5) is 2.34. The fourth-order valence-corrected chi connectivity index (χ4v) is 3.80. The average Bonchev–Trinajstić information content (AvgIpc) is 2.59. The largest absolute Gasteiger partial charge is 0.507 e. The average molecular weight is 433 g/mol. The number of halogens is 1. The van der Waals surface area contributed by atoms with Crippen LogP contribution in [0.5, 0.6) is 5.75 Å². The van der Waals surface area contributed by atoms with Crippen LogP contribution in [0.15, 0.2) is 63.0 Å². The SMILES string of the molecule is Cc1ccc(S(=O)(=O)N/N=C/c2c(O)ccc3cc(Br)ccc23)cc1C. The first-order valence-electron chi connectivity index (χ1n) is 7.81. The lowest BCUT2D eigenvalue weighted by atomic mass is 10.0. The Morgan fingerprint density at radius 2 is 1.81 bits per heavy atom. The lowest BCUT2D eigenvalue weighted by molar-refractivity contribution is 0.475. The number of hydrogen-bond acceptors (Lipinski definition) is 4. The van der Waals surface area contributed by atoms with Gasteiger partial charge in [-0.15, -0.1) is 0 Å². The number of benzene rings is 3. The van der Waals surface area contributed by atoms with Gasteiger partial charge in [-0.2, -0.15) is 13.5 Å². The molecule has 0 spiro atoms. The molecule has 0 aromatic heterocycles. The topological polar surface area (TPSA) is 78.8 Å². The molecule has 0 aliphatic carbocycles. The summed E-state index contributed by atoms with van der Waals surface area (Å²) < 4.78 is 25.7. The van der Waals surface area contributed by atoms with Crippen LogP contribution in [-0.2, 0) is 10.0 Å². The van der Waals surface area contributed by atoms with Crippen molar-refractivity contribution in [2.45, 2.75) is 18.7 Å². The van der Waals surface area contributed by atoms with Gasteiger partial charge in [-0.25, -0.2) is 4.83 Å². The predicted octanol–water partition coefficient (Wildman–Crippen LogP) is 4.24. The molecule has 3 rings (SSSR count). The Morgan fingerprint density at radius 3 is 2.54 bits per heavy atom. The molecule has 0 unspecified atom stereocenters. The van der Waals surface area contributed by atoms with Crippen LogP contribution in [0, 0.1) is 13.8 Å². The summed E-state index contributed by atoms with van der Waals surface area (Å²) in [6, 6.07) is 13.8. The molecule has 0 heterocycles. The molecule has 0 bridgehead atoms. The van der Waals surface area contributed by atoms with Gasteiger partial charge in [0.1, 0.15) is 5.75 Å². The van der Waals surface area contributed by atoms with Crippen molar-refractivity contribution in [1.82, 2.24) is 4.83 Å². The number of rotatable bonds is 4. The maximum Gasteiger partial charge on any atom is 0.276 e. The second kappa shape index (κ2) is 7.09. The van der Waals surface area contributed by atoms with Crippen molar-refractivity contribution in [3.05, 3.63) is 69.7 Å². The second-order valence-corrected chi connectivity index (χ2v) is 8.54. The van der Waals surface area contributed by atoms with Crippen LogP contribution >= 0.6 is 15.9 Å². The highest BCUT2D eigenvalue weighted by atomic mass is 79.9. The Kier molecular flexibility index (Phi) is 5.02. The normalized spacial score (nSPS) is 12.0. The Bertz CT molecular complexity index is 1130. The first-order valence-corrected chi connectivity index (χ1v) is 10.1. The number of nitrogens with one attached hydrogen (secondary N) is 1. The van der Waals surface area contributed by atoms with Gasteiger partial charge < -0.3 is 5.11 Å². The van der Waals surface area contributed by atoms with Crippen LogP contribution in [0.2, 0.25) is 0 Å². The van der Waals surface area contributed by atoms with Crippen molar-refractivity contribution in [3.63, 3.8) is 0 Å². The van der Waals surface area contributed by atoms with Crippen molar-refractivity contribution < 1.29 is 13.5 Å². The van der Waals surface area contributed by atoms with E-state index in [0.29, 0.717) is 5.56 Å². The molecule has 7 heteroatoms. The van der Waals surface area contributed by atoms with Crippen molar-refractivity contribution in [1.29, 1.82) is 0 Å². The van der Waals surface area contributed by atoms with E-state index in [4.69, 9.17) is 0 Å². The zero-order valence-corrected chi connectivity index (χ0v) is 16.6. The van der Waals surface area contributed by atoms with Crippen molar-refractivity contribution in [2.75, 3.05) is 0 Å². The highest BCUT2D eigenvalue weighted by Gasteiger charge is 2.13. The second-order valence-electron chi connectivity index (χ2n) is 5.96. The Labute approximate surface area is 160 Å². The Hall–Kier alpha value is -2.38. The van der Waals surface area contributed by atoms with E-state index in [1.165, 1.54) is 12.3 Å². The molecule has 3 aromatic rings. The summed E-state index contributed by atoms with van der Waals surface area (Å²) in [7, 11) is -3.78. The molecular formula is C19H17BrN2O3S. The zero-order chi connectivity index (χ0) is 18.9. The fraction of sp³-hybridized carbons (Fsp3) is 0.105. The van der Waals surface area contributed by atoms with E-state index in [0.717, 1.165) is 26.4 Å². The maximum absolute atomic E-state index is 12.4. The number of aromatic hydroxyl groups is 1. The number of nitrogens with zero attached hydrogens (tertiary/aromatic N) is 1. The molecule has 26 heavy (non-hydrogen) atoms. The molecular weight excluding hydrogens is 416 g/mol. The molecule has 0 aliphatic heterocycles. The van der Waals surface area contributed by atoms with Crippen LogP contribution in [0.4, 0.5) is 0 Å². The van der Waals surface area contributed by atoms with Crippen LogP contribution in [0.3, 0.4) is 0 Å². The van der Waals surface area contributed by atoms with Gasteiger partial charge in [0.2, 0.25) is 0 Å². The Morgan fingerprint density at radius 1 is 1.04 bits per heavy atom. The Balaban J connectivity index is 1.92. The van der Waals surface area contributed by atoms with Crippen LogP contribution < -0.4 is 4.83 Å². The van der Waals surface area contributed by atoms with Gasteiger partial charge in [0, 0.05) is 10.0 Å². The molecule has 0 aliphatic rings. The number of phenolic OH excluding ortho intramolecular Hbond substituents is 1. The predicted molar refractivity (Wildman–Crippen MR) is 107 cm³/mol. The molecule has 2 N–H and O–H groups in total.